The summed E-state index contributed by atoms with van der Waals surface area (Å²) in [6.45, 7) is 0. The highest BCUT2D eigenvalue weighted by Crippen LogP contribution is 2.22. The molecule has 2 rings (SSSR count). The molecular weight excluding hydrogens is 240 g/mol. The van der Waals surface area contributed by atoms with Crippen LogP contribution in [0.2, 0.25) is 0 Å². The maximum atomic E-state index is 12.1. The smallest absolute Gasteiger partial charge is 0.244 e. The first kappa shape index (κ1) is 12.3. The minimum Gasteiger partial charge on any atom is -0.307 e. The number of anilines is 1. The van der Waals surface area contributed by atoms with Gasteiger partial charge in [0.2, 0.25) is 10.0 Å². The van der Waals surface area contributed by atoms with E-state index in [1.54, 1.807) is 6.07 Å². The molecule has 6 nitrogen and oxygen atoms in total. The van der Waals surface area contributed by atoms with Crippen LogP contribution in [0.25, 0.3) is 0 Å². The van der Waals surface area contributed by atoms with Crippen molar-refractivity contribution in [2.24, 2.45) is 5.84 Å². The van der Waals surface area contributed by atoms with E-state index >= 15 is 0 Å². The Labute approximate surface area is 101 Å². The van der Waals surface area contributed by atoms with E-state index in [0.717, 1.165) is 25.7 Å². The number of hydrogen-bond acceptors (Lipinski definition) is 5. The fourth-order valence-corrected chi connectivity index (χ4v) is 3.47. The van der Waals surface area contributed by atoms with Crippen LogP contribution in [0.15, 0.2) is 23.2 Å². The van der Waals surface area contributed by atoms with Crippen LogP contribution in [0.4, 0.5) is 5.82 Å². The molecule has 1 heterocycles. The molecule has 4 N–H and O–H groups in total. The van der Waals surface area contributed by atoms with Crippen LogP contribution >= 0.6 is 0 Å². The number of nitrogens with two attached hydrogens (primary N) is 1. The predicted octanol–water partition coefficient (Wildman–Crippen LogP) is 0.588. The highest BCUT2D eigenvalue weighted by atomic mass is 32.2. The second-order valence-electron chi connectivity index (χ2n) is 4.10. The van der Waals surface area contributed by atoms with Crippen molar-refractivity contribution in [3.8, 4) is 0 Å². The van der Waals surface area contributed by atoms with Crippen LogP contribution in [0.5, 0.6) is 0 Å². The van der Waals surface area contributed by atoms with Crippen LogP contribution in [0.1, 0.15) is 25.7 Å². The van der Waals surface area contributed by atoms with E-state index in [4.69, 9.17) is 5.84 Å². The molecule has 0 saturated heterocycles. The summed E-state index contributed by atoms with van der Waals surface area (Å²) in [7, 11) is -3.54. The Kier molecular flexibility index (Phi) is 3.60. The number of hydrazine groups is 1. The van der Waals surface area contributed by atoms with Crippen molar-refractivity contribution in [2.45, 2.75) is 36.6 Å². The van der Waals surface area contributed by atoms with Crippen LogP contribution in [0, 0.1) is 0 Å². The van der Waals surface area contributed by atoms with Crippen LogP contribution in [-0.2, 0) is 10.0 Å². The number of hydrogen-bond donors (Lipinski definition) is 3. The number of aromatic nitrogens is 1. The quantitative estimate of drug-likeness (QED) is 0.541. The van der Waals surface area contributed by atoms with Crippen molar-refractivity contribution < 1.29 is 8.42 Å². The number of sulfonamides is 1. The van der Waals surface area contributed by atoms with E-state index in [1.165, 1.54) is 12.3 Å². The summed E-state index contributed by atoms with van der Waals surface area (Å²) in [5, 5.41) is 0. The molecule has 1 fully saturated rings. The van der Waals surface area contributed by atoms with Gasteiger partial charge in [0, 0.05) is 12.2 Å². The molecular formula is C10H16N4O2S. The maximum absolute atomic E-state index is 12.1. The molecule has 1 saturated carbocycles. The van der Waals surface area contributed by atoms with Gasteiger partial charge in [-0.05, 0) is 25.0 Å². The maximum Gasteiger partial charge on any atom is 0.244 e. The lowest BCUT2D eigenvalue weighted by Crippen LogP contribution is -2.33. The van der Waals surface area contributed by atoms with Crippen molar-refractivity contribution in [1.29, 1.82) is 0 Å². The summed E-state index contributed by atoms with van der Waals surface area (Å²) < 4.78 is 26.9. The molecule has 17 heavy (non-hydrogen) atoms. The molecule has 0 radical (unpaired) electrons. The first-order valence-corrected chi connectivity index (χ1v) is 7.06. The first-order valence-electron chi connectivity index (χ1n) is 5.57. The van der Waals surface area contributed by atoms with Crippen molar-refractivity contribution in [1.82, 2.24) is 9.71 Å². The number of nitrogen functional groups attached to an aromatic ring is 1. The van der Waals surface area contributed by atoms with E-state index in [1.807, 2.05) is 0 Å². The Morgan fingerprint density at radius 2 is 2.06 bits per heavy atom. The van der Waals surface area contributed by atoms with Gasteiger partial charge in [0.15, 0.2) is 5.82 Å². The summed E-state index contributed by atoms with van der Waals surface area (Å²) >= 11 is 0. The van der Waals surface area contributed by atoms with Gasteiger partial charge in [-0.1, -0.05) is 12.8 Å². The van der Waals surface area contributed by atoms with Crippen molar-refractivity contribution >= 4 is 15.8 Å². The third-order valence-corrected chi connectivity index (χ3v) is 4.43. The van der Waals surface area contributed by atoms with Crippen molar-refractivity contribution in [2.75, 3.05) is 5.43 Å². The van der Waals surface area contributed by atoms with Gasteiger partial charge in [0.05, 0.1) is 0 Å². The average Bonchev–Trinajstić information content (AvgIpc) is 2.81. The lowest BCUT2D eigenvalue weighted by molar-refractivity contribution is 0.552. The summed E-state index contributed by atoms with van der Waals surface area (Å²) in [4.78, 5) is 3.97. The SMILES string of the molecule is NNc1ncccc1S(=O)(=O)NC1CCCC1. The van der Waals surface area contributed by atoms with E-state index in [2.05, 4.69) is 15.1 Å². The van der Waals surface area contributed by atoms with Gasteiger partial charge >= 0.3 is 0 Å². The number of nitrogens with zero attached hydrogens (tertiary/aromatic N) is 1. The van der Waals surface area contributed by atoms with Crippen molar-refractivity contribution in [3.05, 3.63) is 18.3 Å². The van der Waals surface area contributed by atoms with Crippen molar-refractivity contribution in [3.63, 3.8) is 0 Å². The lowest BCUT2D eigenvalue weighted by atomic mass is 10.3. The molecule has 94 valence electrons. The summed E-state index contributed by atoms with van der Waals surface area (Å²) in [6.07, 6.45) is 5.42. The fourth-order valence-electron chi connectivity index (χ4n) is 2.04. The van der Waals surface area contributed by atoms with Crippen LogP contribution in [-0.4, -0.2) is 19.4 Å². The normalized spacial score (nSPS) is 17.2. The molecule has 1 aliphatic rings. The van der Waals surface area contributed by atoms with E-state index in [0.29, 0.717) is 0 Å². The Hall–Kier alpha value is -1.18. The fraction of sp³-hybridized carbons (Fsp3) is 0.500. The highest BCUT2D eigenvalue weighted by molar-refractivity contribution is 7.89. The zero-order valence-electron chi connectivity index (χ0n) is 9.39. The molecule has 0 amide bonds. The number of rotatable bonds is 4. The van der Waals surface area contributed by atoms with Gasteiger partial charge in [-0.2, -0.15) is 0 Å². The Morgan fingerprint density at radius 1 is 1.35 bits per heavy atom. The van der Waals surface area contributed by atoms with Crippen LogP contribution in [0.3, 0.4) is 0 Å². The van der Waals surface area contributed by atoms with Gasteiger partial charge in [0.1, 0.15) is 4.90 Å². The van der Waals surface area contributed by atoms with Crippen LogP contribution < -0.4 is 16.0 Å². The molecule has 1 aromatic heterocycles. The molecule has 0 aromatic carbocycles. The zero-order chi connectivity index (χ0) is 12.3. The molecule has 1 aliphatic carbocycles. The molecule has 0 spiro atoms. The van der Waals surface area contributed by atoms with E-state index in [9.17, 15) is 8.42 Å². The third kappa shape index (κ3) is 2.74. The standard InChI is InChI=1S/C10H16N4O2S/c11-13-10-9(6-3-7-12-10)17(15,16)14-8-4-1-2-5-8/h3,6-8,14H,1-2,4-5,11H2,(H,12,13). The monoisotopic (exact) mass is 256 g/mol. The molecule has 0 aliphatic heterocycles. The minimum absolute atomic E-state index is 0.0332. The van der Waals surface area contributed by atoms with Gasteiger partial charge in [-0.15, -0.1) is 0 Å². The molecule has 0 atom stereocenters. The van der Waals surface area contributed by atoms with E-state index in [-0.39, 0.29) is 16.8 Å². The molecule has 0 unspecified atom stereocenters. The van der Waals surface area contributed by atoms with Gasteiger partial charge in [0.25, 0.3) is 0 Å². The summed E-state index contributed by atoms with van der Waals surface area (Å²) in [5.74, 6) is 5.42. The topological polar surface area (TPSA) is 97.1 Å². The van der Waals surface area contributed by atoms with Gasteiger partial charge in [-0.25, -0.2) is 24.0 Å². The number of pyridine rings is 1. The second kappa shape index (κ2) is 4.99. The zero-order valence-corrected chi connectivity index (χ0v) is 10.2. The largest absolute Gasteiger partial charge is 0.307 e. The lowest BCUT2D eigenvalue weighted by Gasteiger charge is -2.14. The second-order valence-corrected chi connectivity index (χ2v) is 5.78. The van der Waals surface area contributed by atoms with Gasteiger partial charge in [-0.3, -0.25) is 0 Å². The third-order valence-electron chi connectivity index (χ3n) is 2.87. The average molecular weight is 256 g/mol. The first-order chi connectivity index (χ1) is 8.13. The van der Waals surface area contributed by atoms with Gasteiger partial charge < -0.3 is 5.43 Å². The Balaban J connectivity index is 2.24. The Bertz CT molecular complexity index is 483. The Morgan fingerprint density at radius 3 is 2.71 bits per heavy atom. The number of nitrogens with one attached hydrogen (secondary N) is 2. The van der Waals surface area contributed by atoms with E-state index < -0.39 is 10.0 Å². The molecule has 7 heteroatoms. The minimum atomic E-state index is -3.54. The highest BCUT2D eigenvalue weighted by Gasteiger charge is 2.25. The summed E-state index contributed by atoms with van der Waals surface area (Å²) in [5.41, 5.74) is 2.30. The summed E-state index contributed by atoms with van der Waals surface area (Å²) in [6, 6.07) is 3.09. The molecule has 0 bridgehead atoms. The molecule has 1 aromatic rings. The predicted molar refractivity (Wildman–Crippen MR) is 64.6 cm³/mol.